The Hall–Kier alpha value is 0.797. The summed E-state index contributed by atoms with van der Waals surface area (Å²) in [6, 6.07) is 0. The maximum atomic E-state index is 5.89. The van der Waals surface area contributed by atoms with Gasteiger partial charge in [0.05, 0.1) is 4.87 Å². The van der Waals surface area contributed by atoms with Crippen LogP contribution in [0.2, 0.25) is 6.55 Å². The molecule has 50 valence electrons. The molecule has 0 spiro atoms. The first-order chi connectivity index (χ1) is 3.48. The molecule has 0 rings (SSSR count). The first-order valence-corrected chi connectivity index (χ1v) is 5.86. The zero-order valence-electron chi connectivity index (χ0n) is 5.54. The Morgan fingerprint density at radius 3 is 1.88 bits per heavy atom. The van der Waals surface area contributed by atoms with E-state index in [0.717, 1.165) is 0 Å². The van der Waals surface area contributed by atoms with Crippen molar-refractivity contribution < 1.29 is 0 Å². The quantitative estimate of drug-likeness (QED) is 0.439. The van der Waals surface area contributed by atoms with Crippen LogP contribution in [-0.2, 0) is 0 Å². The Labute approximate surface area is 63.4 Å². The van der Waals surface area contributed by atoms with Gasteiger partial charge in [-0.25, -0.2) is 0 Å². The van der Waals surface area contributed by atoms with Crippen LogP contribution in [0.4, 0.5) is 0 Å². The molecule has 0 aliphatic rings. The van der Waals surface area contributed by atoms with Crippen LogP contribution in [0.1, 0.15) is 13.8 Å². The fraction of sp³-hybridized carbons (Fsp3) is 1.00. The molecule has 0 radical (unpaired) electrons. The van der Waals surface area contributed by atoms with E-state index < -0.39 is 0 Å². The van der Waals surface area contributed by atoms with Crippen LogP contribution >= 0.6 is 23.2 Å². The first kappa shape index (κ1) is 8.80. The molecular weight excluding hydrogens is 159 g/mol. The van der Waals surface area contributed by atoms with Crippen molar-refractivity contribution in [3.8, 4) is 0 Å². The minimum Gasteiger partial charge on any atom is -0.125 e. The first-order valence-electron chi connectivity index (χ1n) is 2.81. The van der Waals surface area contributed by atoms with Crippen LogP contribution in [0.3, 0.4) is 0 Å². The number of hydrogen-bond acceptors (Lipinski definition) is 0. The Bertz CT molecular complexity index is 67.3. The summed E-state index contributed by atoms with van der Waals surface area (Å²) >= 11 is 11.8. The molecule has 0 aromatic rings. The minimum absolute atomic E-state index is 0.132. The van der Waals surface area contributed by atoms with Gasteiger partial charge >= 0.3 is 0 Å². The largest absolute Gasteiger partial charge is 0.125 e. The summed E-state index contributed by atoms with van der Waals surface area (Å²) in [7, 11) is -0.132. The lowest BCUT2D eigenvalue weighted by atomic mass is 10.2. The molecule has 3 heteroatoms. The third-order valence-electron chi connectivity index (χ3n) is 1.10. The lowest BCUT2D eigenvalue weighted by Crippen LogP contribution is -2.29. The van der Waals surface area contributed by atoms with E-state index in [9.17, 15) is 0 Å². The van der Waals surface area contributed by atoms with Crippen molar-refractivity contribution in [1.29, 1.82) is 0 Å². The average molecular weight is 171 g/mol. The van der Waals surface area contributed by atoms with Crippen LogP contribution < -0.4 is 0 Å². The summed E-state index contributed by atoms with van der Waals surface area (Å²) in [6.45, 7) is 6.09. The molecule has 0 amide bonds. The summed E-state index contributed by atoms with van der Waals surface area (Å²) in [6.07, 6.45) is 0. The van der Waals surface area contributed by atoms with Gasteiger partial charge in [0.1, 0.15) is 0 Å². The fourth-order valence-electron chi connectivity index (χ4n) is 0.485. The van der Waals surface area contributed by atoms with E-state index in [4.69, 9.17) is 23.2 Å². The second-order valence-corrected chi connectivity index (χ2v) is 6.09. The smallest absolute Gasteiger partial charge is 0.0521 e. The monoisotopic (exact) mass is 170 g/mol. The lowest BCUT2D eigenvalue weighted by Gasteiger charge is -2.20. The van der Waals surface area contributed by atoms with E-state index >= 15 is 0 Å². The summed E-state index contributed by atoms with van der Waals surface area (Å²) in [4.78, 5) is -0.192. The number of alkyl halides is 2. The number of hydrogen-bond donors (Lipinski definition) is 0. The fourth-order valence-corrected chi connectivity index (χ4v) is 1.92. The molecule has 0 aliphatic heterocycles. The second kappa shape index (κ2) is 3.09. The molecule has 0 fully saturated rings. The maximum Gasteiger partial charge on any atom is 0.0521 e. The molecule has 1 atom stereocenters. The normalized spacial score (nSPS) is 17.6. The van der Waals surface area contributed by atoms with E-state index in [2.05, 4.69) is 6.55 Å². The number of rotatable bonds is 2. The van der Waals surface area contributed by atoms with Crippen LogP contribution in [0.15, 0.2) is 0 Å². The molecule has 0 bridgehead atoms. The molecule has 0 aromatic heterocycles. The molecule has 0 heterocycles. The van der Waals surface area contributed by atoms with Gasteiger partial charge in [-0.05, 0) is 13.8 Å². The van der Waals surface area contributed by atoms with E-state index in [1.807, 2.05) is 13.8 Å². The van der Waals surface area contributed by atoms with Gasteiger partial charge in [0, 0.05) is 14.5 Å². The third-order valence-corrected chi connectivity index (χ3v) is 4.95. The topological polar surface area (TPSA) is 0 Å². The van der Waals surface area contributed by atoms with Gasteiger partial charge in [0.25, 0.3) is 0 Å². The zero-order chi connectivity index (χ0) is 6.78. The maximum absolute atomic E-state index is 5.89. The van der Waals surface area contributed by atoms with Gasteiger partial charge in [-0.3, -0.25) is 0 Å². The van der Waals surface area contributed by atoms with Crippen LogP contribution in [0.25, 0.3) is 0 Å². The molecule has 0 aliphatic carbocycles. The van der Waals surface area contributed by atoms with Crippen molar-refractivity contribution in [2.24, 2.45) is 0 Å². The van der Waals surface area contributed by atoms with Gasteiger partial charge < -0.3 is 0 Å². The molecule has 0 aromatic carbocycles. The molecule has 0 saturated heterocycles. The molecule has 8 heavy (non-hydrogen) atoms. The predicted molar refractivity (Wildman–Crippen MR) is 44.0 cm³/mol. The van der Waals surface area contributed by atoms with Crippen molar-refractivity contribution in [3.63, 3.8) is 0 Å². The Balaban J connectivity index is 3.62. The molecule has 1 unspecified atom stereocenters. The van der Waals surface area contributed by atoms with Crippen molar-refractivity contribution in [2.45, 2.75) is 30.3 Å². The Kier molecular flexibility index (Phi) is 3.40. The zero-order valence-corrected chi connectivity index (χ0v) is 8.47. The standard InChI is InChI=1S/C5H12Cl2Si/c1-5(2,7)4(6)8-3/h4H,8H2,1-3H3. The second-order valence-electron chi connectivity index (χ2n) is 2.44. The van der Waals surface area contributed by atoms with Crippen molar-refractivity contribution in [1.82, 2.24) is 0 Å². The van der Waals surface area contributed by atoms with Gasteiger partial charge in [-0.1, -0.05) is 6.55 Å². The highest BCUT2D eigenvalue weighted by Crippen LogP contribution is 2.21. The van der Waals surface area contributed by atoms with Crippen LogP contribution in [0, 0.1) is 0 Å². The lowest BCUT2D eigenvalue weighted by molar-refractivity contribution is 0.753. The Morgan fingerprint density at radius 1 is 1.50 bits per heavy atom. The van der Waals surface area contributed by atoms with Crippen molar-refractivity contribution in [2.75, 3.05) is 0 Å². The molecule has 0 saturated carbocycles. The van der Waals surface area contributed by atoms with E-state index in [-0.39, 0.29) is 19.4 Å². The van der Waals surface area contributed by atoms with E-state index in [1.54, 1.807) is 0 Å². The summed E-state index contributed by atoms with van der Waals surface area (Å²) in [5.41, 5.74) is 0. The molecule has 0 nitrogen and oxygen atoms in total. The highest BCUT2D eigenvalue weighted by Gasteiger charge is 2.22. The summed E-state index contributed by atoms with van der Waals surface area (Å²) < 4.78 is 0. The van der Waals surface area contributed by atoms with Crippen LogP contribution in [0.5, 0.6) is 0 Å². The molecule has 0 N–H and O–H groups in total. The highest BCUT2D eigenvalue weighted by atomic mass is 35.5. The number of halogens is 2. The van der Waals surface area contributed by atoms with E-state index in [0.29, 0.717) is 0 Å². The highest BCUT2D eigenvalue weighted by molar-refractivity contribution is 6.55. The van der Waals surface area contributed by atoms with Crippen molar-refractivity contribution >= 4 is 32.7 Å². The van der Waals surface area contributed by atoms with Gasteiger partial charge in [-0.2, -0.15) is 0 Å². The SMILES string of the molecule is C[SiH2]C(Cl)C(C)(C)Cl. The van der Waals surface area contributed by atoms with Crippen molar-refractivity contribution in [3.05, 3.63) is 0 Å². The van der Waals surface area contributed by atoms with Gasteiger partial charge in [0.2, 0.25) is 0 Å². The summed E-state index contributed by atoms with van der Waals surface area (Å²) in [5.74, 6) is 0. The molecular formula is C5H12Cl2Si. The average Bonchev–Trinajstić information content (AvgIpc) is 1.62. The van der Waals surface area contributed by atoms with Gasteiger partial charge in [0.15, 0.2) is 0 Å². The minimum atomic E-state index is -0.192. The van der Waals surface area contributed by atoms with E-state index in [1.165, 1.54) is 0 Å². The third kappa shape index (κ3) is 2.95. The van der Waals surface area contributed by atoms with Crippen LogP contribution in [-0.4, -0.2) is 19.4 Å². The predicted octanol–water partition coefficient (Wildman–Crippen LogP) is 1.79. The summed E-state index contributed by atoms with van der Waals surface area (Å²) in [5, 5.41) is 0.226. The van der Waals surface area contributed by atoms with Gasteiger partial charge in [-0.15, -0.1) is 23.2 Å². The Morgan fingerprint density at radius 2 is 1.88 bits per heavy atom.